The van der Waals surface area contributed by atoms with Crippen molar-refractivity contribution in [3.63, 3.8) is 0 Å². The van der Waals surface area contributed by atoms with Crippen molar-refractivity contribution < 1.29 is 0 Å². The van der Waals surface area contributed by atoms with Crippen LogP contribution in [0.5, 0.6) is 0 Å². The minimum absolute atomic E-state index is 0.616. The highest BCUT2D eigenvalue weighted by Crippen LogP contribution is 2.19. The van der Waals surface area contributed by atoms with E-state index in [4.69, 9.17) is 0 Å². The van der Waals surface area contributed by atoms with E-state index in [9.17, 15) is 0 Å². The number of thioether (sulfide) groups is 1. The highest BCUT2D eigenvalue weighted by atomic mass is 32.2. The van der Waals surface area contributed by atoms with Gasteiger partial charge in [-0.3, -0.25) is 0 Å². The van der Waals surface area contributed by atoms with Gasteiger partial charge in [0.2, 0.25) is 0 Å². The van der Waals surface area contributed by atoms with Crippen LogP contribution in [0.25, 0.3) is 0 Å². The number of hydrogen-bond donors (Lipinski definition) is 1. The number of hydrogen-bond acceptors (Lipinski definition) is 2. The smallest absolute Gasteiger partial charge is 0.00830 e. The molecule has 0 amide bonds. The summed E-state index contributed by atoms with van der Waals surface area (Å²) >= 11 is 2.09. The fourth-order valence-corrected chi connectivity index (χ4v) is 3.36. The van der Waals surface area contributed by atoms with Crippen molar-refractivity contribution in [3.8, 4) is 0 Å². The molecule has 2 rings (SSSR count). The van der Waals surface area contributed by atoms with Crippen LogP contribution < -0.4 is 5.32 Å². The van der Waals surface area contributed by atoms with Gasteiger partial charge in [0, 0.05) is 12.6 Å². The fourth-order valence-electron chi connectivity index (χ4n) is 2.26. The molecule has 0 aromatic heterocycles. The molecule has 17 heavy (non-hydrogen) atoms. The van der Waals surface area contributed by atoms with Crippen LogP contribution in [0.3, 0.4) is 0 Å². The minimum atomic E-state index is 0.616. The quantitative estimate of drug-likeness (QED) is 0.875. The van der Waals surface area contributed by atoms with Gasteiger partial charge in [-0.15, -0.1) is 0 Å². The molecule has 1 aromatic carbocycles. The molecule has 0 radical (unpaired) electrons. The number of rotatable bonds is 4. The van der Waals surface area contributed by atoms with Crippen molar-refractivity contribution in [2.75, 3.05) is 18.1 Å². The molecule has 1 aliphatic rings. The summed E-state index contributed by atoms with van der Waals surface area (Å²) in [5, 5.41) is 3.72. The second kappa shape index (κ2) is 6.46. The van der Waals surface area contributed by atoms with Crippen LogP contribution in [-0.2, 0) is 0 Å². The summed E-state index contributed by atoms with van der Waals surface area (Å²) < 4.78 is 0. The Hall–Kier alpha value is -0.470. The van der Waals surface area contributed by atoms with E-state index in [1.165, 1.54) is 35.5 Å². The molecular formula is C15H23NS. The molecular weight excluding hydrogens is 226 g/mol. The number of benzene rings is 1. The van der Waals surface area contributed by atoms with Crippen LogP contribution >= 0.6 is 11.8 Å². The first kappa shape index (κ1) is 13.0. The van der Waals surface area contributed by atoms with Crippen LogP contribution in [0.15, 0.2) is 24.3 Å². The van der Waals surface area contributed by atoms with Gasteiger partial charge in [-0.2, -0.15) is 11.8 Å². The van der Waals surface area contributed by atoms with Crippen LogP contribution in [0.4, 0.5) is 0 Å². The van der Waals surface area contributed by atoms with E-state index in [1.54, 1.807) is 0 Å². The lowest BCUT2D eigenvalue weighted by Crippen LogP contribution is -2.34. The van der Waals surface area contributed by atoms with E-state index in [2.05, 4.69) is 55.2 Å². The summed E-state index contributed by atoms with van der Waals surface area (Å²) in [6.07, 6.45) is 2.68. The molecule has 1 aliphatic heterocycles. The minimum Gasteiger partial charge on any atom is -0.313 e. The Labute approximate surface area is 109 Å². The predicted molar refractivity (Wildman–Crippen MR) is 77.9 cm³/mol. The lowest BCUT2D eigenvalue weighted by atomic mass is 9.99. The van der Waals surface area contributed by atoms with Crippen molar-refractivity contribution in [1.82, 2.24) is 5.32 Å². The molecule has 1 unspecified atom stereocenters. The van der Waals surface area contributed by atoms with Crippen LogP contribution in [0.1, 0.15) is 36.8 Å². The normalized spacial score (nSPS) is 19.2. The first-order chi connectivity index (χ1) is 8.25. The maximum Gasteiger partial charge on any atom is 0.00830 e. The summed E-state index contributed by atoms with van der Waals surface area (Å²) in [6, 6.07) is 9.70. The molecule has 0 spiro atoms. The average molecular weight is 249 g/mol. The van der Waals surface area contributed by atoms with E-state index in [0.29, 0.717) is 5.92 Å². The van der Waals surface area contributed by atoms with Gasteiger partial charge in [0.15, 0.2) is 0 Å². The second-order valence-electron chi connectivity index (χ2n) is 5.11. The zero-order valence-corrected chi connectivity index (χ0v) is 11.7. The molecule has 2 heteroatoms. The average Bonchev–Trinajstić information content (AvgIpc) is 2.38. The molecule has 1 aromatic rings. The van der Waals surface area contributed by atoms with E-state index in [-0.39, 0.29) is 0 Å². The lowest BCUT2D eigenvalue weighted by molar-refractivity contribution is 0.465. The van der Waals surface area contributed by atoms with Gasteiger partial charge >= 0.3 is 0 Å². The first-order valence-corrected chi connectivity index (χ1v) is 7.79. The maximum absolute atomic E-state index is 3.72. The molecule has 1 atom stereocenters. The largest absolute Gasteiger partial charge is 0.313 e. The van der Waals surface area contributed by atoms with Gasteiger partial charge in [-0.25, -0.2) is 0 Å². The molecule has 1 saturated heterocycles. The third-order valence-corrected chi connectivity index (χ3v) is 4.63. The second-order valence-corrected chi connectivity index (χ2v) is 6.33. The molecule has 0 saturated carbocycles. The van der Waals surface area contributed by atoms with Crippen molar-refractivity contribution in [1.29, 1.82) is 0 Å². The Kier molecular flexibility index (Phi) is 4.93. The fraction of sp³-hybridized carbons (Fsp3) is 0.600. The molecule has 1 nitrogen and oxygen atoms in total. The molecule has 94 valence electrons. The Bertz CT molecular complexity index is 327. The van der Waals surface area contributed by atoms with Crippen molar-refractivity contribution in [2.45, 2.75) is 38.6 Å². The number of aryl methyl sites for hydroxylation is 1. The SMILES string of the molecule is Cc1ccc(C(C)CNC2CCSCC2)cc1. The van der Waals surface area contributed by atoms with Crippen molar-refractivity contribution in [3.05, 3.63) is 35.4 Å². The zero-order valence-electron chi connectivity index (χ0n) is 10.9. The van der Waals surface area contributed by atoms with Crippen molar-refractivity contribution in [2.24, 2.45) is 0 Å². The van der Waals surface area contributed by atoms with E-state index >= 15 is 0 Å². The lowest BCUT2D eigenvalue weighted by Gasteiger charge is -2.24. The summed E-state index contributed by atoms with van der Waals surface area (Å²) in [6.45, 7) is 5.57. The van der Waals surface area contributed by atoms with E-state index < -0.39 is 0 Å². The predicted octanol–water partition coefficient (Wildman–Crippen LogP) is 3.58. The Morgan fingerprint density at radius 2 is 1.88 bits per heavy atom. The van der Waals surface area contributed by atoms with Crippen LogP contribution in [0.2, 0.25) is 0 Å². The van der Waals surface area contributed by atoms with E-state index in [1.807, 2.05) is 0 Å². The molecule has 1 heterocycles. The van der Waals surface area contributed by atoms with E-state index in [0.717, 1.165) is 12.6 Å². The van der Waals surface area contributed by atoms with Crippen LogP contribution in [-0.4, -0.2) is 24.1 Å². The van der Waals surface area contributed by atoms with Gasteiger partial charge in [-0.1, -0.05) is 36.8 Å². The first-order valence-electron chi connectivity index (χ1n) is 6.63. The van der Waals surface area contributed by atoms with Gasteiger partial charge in [0.1, 0.15) is 0 Å². The Morgan fingerprint density at radius 3 is 2.53 bits per heavy atom. The van der Waals surface area contributed by atoms with Gasteiger partial charge < -0.3 is 5.32 Å². The standard InChI is InChI=1S/C15H23NS/c1-12-3-5-14(6-4-12)13(2)11-16-15-7-9-17-10-8-15/h3-6,13,15-16H,7-11H2,1-2H3. The Balaban J connectivity index is 1.80. The summed E-state index contributed by atoms with van der Waals surface area (Å²) in [5.74, 6) is 3.28. The molecule has 1 N–H and O–H groups in total. The van der Waals surface area contributed by atoms with Crippen molar-refractivity contribution >= 4 is 11.8 Å². The highest BCUT2D eigenvalue weighted by Gasteiger charge is 2.14. The zero-order chi connectivity index (χ0) is 12.1. The van der Waals surface area contributed by atoms with Crippen LogP contribution in [0, 0.1) is 6.92 Å². The third kappa shape index (κ3) is 4.04. The van der Waals surface area contributed by atoms with Gasteiger partial charge in [0.05, 0.1) is 0 Å². The maximum atomic E-state index is 3.72. The molecule has 0 aliphatic carbocycles. The topological polar surface area (TPSA) is 12.0 Å². The Morgan fingerprint density at radius 1 is 1.24 bits per heavy atom. The molecule has 1 fully saturated rings. The summed E-state index contributed by atoms with van der Waals surface area (Å²) in [7, 11) is 0. The summed E-state index contributed by atoms with van der Waals surface area (Å²) in [4.78, 5) is 0. The monoisotopic (exact) mass is 249 g/mol. The van der Waals surface area contributed by atoms with Gasteiger partial charge in [0.25, 0.3) is 0 Å². The molecule has 0 bridgehead atoms. The highest BCUT2D eigenvalue weighted by molar-refractivity contribution is 7.99. The third-order valence-electron chi connectivity index (χ3n) is 3.58. The number of nitrogens with one attached hydrogen (secondary N) is 1. The van der Waals surface area contributed by atoms with Gasteiger partial charge in [-0.05, 0) is 42.8 Å². The summed E-state index contributed by atoms with van der Waals surface area (Å²) in [5.41, 5.74) is 2.80.